The summed E-state index contributed by atoms with van der Waals surface area (Å²) in [7, 11) is 0. The number of thioether (sulfide) groups is 1. The van der Waals surface area contributed by atoms with Crippen molar-refractivity contribution in [2.75, 3.05) is 11.9 Å². The summed E-state index contributed by atoms with van der Waals surface area (Å²) in [5, 5.41) is 3.67. The molecule has 2 aromatic carbocycles. The molecule has 1 N–H and O–H groups in total. The number of amides is 1. The molecule has 2 unspecified atom stereocenters. The van der Waals surface area contributed by atoms with Crippen molar-refractivity contribution in [2.24, 2.45) is 0 Å². The van der Waals surface area contributed by atoms with Crippen molar-refractivity contribution < 1.29 is 9.53 Å². The molecule has 0 bridgehead atoms. The third kappa shape index (κ3) is 5.47. The number of fused-ring (bicyclic) bond motifs is 1. The topological polar surface area (TPSA) is 73.2 Å². The second kappa shape index (κ2) is 9.69. The largest absolute Gasteiger partial charge is 0.376 e. The van der Waals surface area contributed by atoms with Crippen molar-refractivity contribution in [3.8, 4) is 0 Å². The van der Waals surface area contributed by atoms with Gasteiger partial charge < -0.3 is 10.1 Å². The maximum atomic E-state index is 13.2. The van der Waals surface area contributed by atoms with Crippen molar-refractivity contribution in [3.63, 3.8) is 0 Å². The number of benzene rings is 2. The molecule has 6 nitrogen and oxygen atoms in total. The number of rotatable bonds is 6. The Morgan fingerprint density at radius 1 is 1.21 bits per heavy atom. The van der Waals surface area contributed by atoms with E-state index >= 15 is 0 Å². The zero-order valence-corrected chi connectivity index (χ0v) is 20.4. The fourth-order valence-corrected chi connectivity index (χ4v) is 4.82. The van der Waals surface area contributed by atoms with Crippen LogP contribution in [0.1, 0.15) is 46.1 Å². The Bertz CT molecular complexity index is 1190. The predicted octanol–water partition coefficient (Wildman–Crippen LogP) is 4.99. The molecule has 2 heterocycles. The van der Waals surface area contributed by atoms with Crippen LogP contribution in [-0.4, -0.2) is 33.4 Å². The Morgan fingerprint density at radius 3 is 2.61 bits per heavy atom. The molecule has 1 aliphatic heterocycles. The minimum Gasteiger partial charge on any atom is -0.376 e. The summed E-state index contributed by atoms with van der Waals surface area (Å²) < 4.78 is 7.44. The Labute approximate surface area is 198 Å². The van der Waals surface area contributed by atoms with Crippen LogP contribution in [0.3, 0.4) is 0 Å². The number of hydrogen-bond donors (Lipinski definition) is 1. The van der Waals surface area contributed by atoms with Gasteiger partial charge in [-0.15, -0.1) is 0 Å². The number of hydrogen-bond acceptors (Lipinski definition) is 5. The second-order valence-electron chi connectivity index (χ2n) is 9.54. The molecule has 7 heteroatoms. The van der Waals surface area contributed by atoms with Crippen molar-refractivity contribution in [1.29, 1.82) is 0 Å². The normalized spacial score (nSPS) is 17.3. The molecule has 4 rings (SSSR count). The van der Waals surface area contributed by atoms with E-state index in [1.54, 1.807) is 10.6 Å². The third-order valence-corrected chi connectivity index (χ3v) is 7.00. The maximum Gasteiger partial charge on any atom is 0.262 e. The summed E-state index contributed by atoms with van der Waals surface area (Å²) in [6, 6.07) is 15.3. The number of carbonyl (C=O) groups excluding carboxylic acids is 1. The zero-order valence-electron chi connectivity index (χ0n) is 19.6. The third-order valence-electron chi connectivity index (χ3n) is 5.91. The second-order valence-corrected chi connectivity index (χ2v) is 10.8. The molecular weight excluding hydrogens is 434 g/mol. The van der Waals surface area contributed by atoms with Crippen LogP contribution in [0.25, 0.3) is 10.9 Å². The molecule has 3 aromatic rings. The molecule has 1 aliphatic rings. The average Bonchev–Trinajstić information content (AvgIpc) is 3.29. The van der Waals surface area contributed by atoms with Gasteiger partial charge in [0.1, 0.15) is 0 Å². The zero-order chi connectivity index (χ0) is 23.6. The quantitative estimate of drug-likeness (QED) is 0.410. The van der Waals surface area contributed by atoms with Gasteiger partial charge in [0.25, 0.3) is 5.56 Å². The van der Waals surface area contributed by atoms with Gasteiger partial charge in [0.15, 0.2) is 5.16 Å². The summed E-state index contributed by atoms with van der Waals surface area (Å²) in [5.41, 5.74) is 2.56. The van der Waals surface area contributed by atoms with Gasteiger partial charge in [-0.05, 0) is 55.0 Å². The summed E-state index contributed by atoms with van der Waals surface area (Å²) in [6.07, 6.45) is 1.91. The van der Waals surface area contributed by atoms with E-state index in [1.165, 1.54) is 17.3 Å². The molecule has 0 spiro atoms. The molecule has 1 aromatic heterocycles. The molecule has 0 saturated carbocycles. The van der Waals surface area contributed by atoms with Crippen molar-refractivity contribution in [2.45, 2.75) is 69.0 Å². The van der Waals surface area contributed by atoms with Gasteiger partial charge in [-0.25, -0.2) is 4.98 Å². The molecule has 0 aliphatic carbocycles. The molecule has 2 atom stereocenters. The van der Waals surface area contributed by atoms with Crippen LogP contribution in [0.5, 0.6) is 0 Å². The highest BCUT2D eigenvalue weighted by molar-refractivity contribution is 8.00. The molecular formula is C26H31N3O3S. The van der Waals surface area contributed by atoms with Crippen LogP contribution in [0.2, 0.25) is 0 Å². The van der Waals surface area contributed by atoms with Crippen molar-refractivity contribution in [3.05, 3.63) is 64.4 Å². The number of nitrogens with zero attached hydrogens (tertiary/aromatic N) is 2. The minimum atomic E-state index is -0.434. The van der Waals surface area contributed by atoms with Gasteiger partial charge in [0.2, 0.25) is 5.91 Å². The number of carbonyl (C=O) groups is 1. The number of nitrogens with one attached hydrogen (secondary N) is 1. The lowest BCUT2D eigenvalue weighted by Gasteiger charge is -2.20. The van der Waals surface area contributed by atoms with E-state index < -0.39 is 5.25 Å². The lowest BCUT2D eigenvalue weighted by Crippen LogP contribution is -2.30. The van der Waals surface area contributed by atoms with E-state index in [1.807, 2.05) is 49.4 Å². The van der Waals surface area contributed by atoms with Crippen LogP contribution in [0.15, 0.2) is 58.5 Å². The average molecular weight is 466 g/mol. The first kappa shape index (κ1) is 23.5. The lowest BCUT2D eigenvalue weighted by atomic mass is 9.87. The van der Waals surface area contributed by atoms with Crippen LogP contribution in [0.4, 0.5) is 5.69 Å². The molecule has 1 fully saturated rings. The van der Waals surface area contributed by atoms with Gasteiger partial charge in [-0.2, -0.15) is 0 Å². The van der Waals surface area contributed by atoms with Gasteiger partial charge in [-0.1, -0.05) is 56.8 Å². The maximum absolute atomic E-state index is 13.2. The standard InChI is InChI=1S/C26H31N3O3S/c1-17(23(30)27-19-13-11-18(12-14-19)26(2,3)4)33-25-28-22-10-6-5-9-21(22)24(31)29(25)16-20-8-7-15-32-20/h5-6,9-14,17,20H,7-8,15-16H2,1-4H3,(H,27,30). The smallest absolute Gasteiger partial charge is 0.262 e. The molecule has 1 amide bonds. The van der Waals surface area contributed by atoms with E-state index in [9.17, 15) is 9.59 Å². The predicted molar refractivity (Wildman–Crippen MR) is 134 cm³/mol. The SMILES string of the molecule is CC(Sc1nc2ccccc2c(=O)n1CC1CCCO1)C(=O)Nc1ccc(C(C)(C)C)cc1. The van der Waals surface area contributed by atoms with Crippen LogP contribution >= 0.6 is 11.8 Å². The fraction of sp³-hybridized carbons (Fsp3) is 0.423. The Morgan fingerprint density at radius 2 is 1.94 bits per heavy atom. The number of aromatic nitrogens is 2. The summed E-state index contributed by atoms with van der Waals surface area (Å²) in [4.78, 5) is 30.9. The highest BCUT2D eigenvalue weighted by Crippen LogP contribution is 2.27. The van der Waals surface area contributed by atoms with Gasteiger partial charge in [0, 0.05) is 12.3 Å². The summed E-state index contributed by atoms with van der Waals surface area (Å²) >= 11 is 1.30. The van der Waals surface area contributed by atoms with Crippen molar-refractivity contribution >= 4 is 34.3 Å². The van der Waals surface area contributed by atoms with Crippen LogP contribution in [0, 0.1) is 0 Å². The van der Waals surface area contributed by atoms with E-state index in [2.05, 4.69) is 26.1 Å². The van der Waals surface area contributed by atoms with E-state index in [4.69, 9.17) is 9.72 Å². The fourth-order valence-electron chi connectivity index (χ4n) is 3.90. The highest BCUT2D eigenvalue weighted by atomic mass is 32.2. The number of ether oxygens (including phenoxy) is 1. The Balaban J connectivity index is 1.55. The number of para-hydroxylation sites is 1. The number of anilines is 1. The van der Waals surface area contributed by atoms with Gasteiger partial charge >= 0.3 is 0 Å². The first-order valence-corrected chi connectivity index (χ1v) is 12.3. The Kier molecular flexibility index (Phi) is 6.91. The first-order valence-electron chi connectivity index (χ1n) is 11.4. The lowest BCUT2D eigenvalue weighted by molar-refractivity contribution is -0.115. The highest BCUT2D eigenvalue weighted by Gasteiger charge is 2.23. The molecule has 174 valence electrons. The Hall–Kier alpha value is -2.64. The monoisotopic (exact) mass is 465 g/mol. The van der Waals surface area contributed by atoms with E-state index in [0.717, 1.165) is 25.1 Å². The summed E-state index contributed by atoms with van der Waals surface area (Å²) in [6.45, 7) is 9.47. The van der Waals surface area contributed by atoms with E-state index in [-0.39, 0.29) is 23.0 Å². The molecule has 1 saturated heterocycles. The summed E-state index contributed by atoms with van der Waals surface area (Å²) in [5.74, 6) is -0.130. The van der Waals surface area contributed by atoms with Crippen molar-refractivity contribution in [1.82, 2.24) is 9.55 Å². The van der Waals surface area contributed by atoms with Crippen LogP contribution < -0.4 is 10.9 Å². The molecule has 0 radical (unpaired) electrons. The molecule has 33 heavy (non-hydrogen) atoms. The van der Waals surface area contributed by atoms with Gasteiger partial charge in [0.05, 0.1) is 28.8 Å². The van der Waals surface area contributed by atoms with E-state index in [0.29, 0.717) is 22.6 Å². The van der Waals surface area contributed by atoms with Gasteiger partial charge in [-0.3, -0.25) is 14.2 Å². The van der Waals surface area contributed by atoms with Crippen LogP contribution in [-0.2, 0) is 21.5 Å². The first-order chi connectivity index (χ1) is 15.7. The minimum absolute atomic E-state index is 0.00419.